The zero-order chi connectivity index (χ0) is 8.43. The minimum absolute atomic E-state index is 0.647. The van der Waals surface area contributed by atoms with E-state index in [0.717, 1.165) is 6.42 Å². The first-order valence-corrected chi connectivity index (χ1v) is 4.36. The van der Waals surface area contributed by atoms with E-state index in [2.05, 4.69) is 37.7 Å². The summed E-state index contributed by atoms with van der Waals surface area (Å²) in [7, 11) is 4.39. The minimum atomic E-state index is 0.647. The molecule has 11 heavy (non-hydrogen) atoms. The van der Waals surface area contributed by atoms with Gasteiger partial charge in [-0.3, -0.25) is 0 Å². The van der Waals surface area contributed by atoms with Gasteiger partial charge in [-0.15, -0.1) is 0 Å². The zero-order valence-electron chi connectivity index (χ0n) is 7.88. The lowest BCUT2D eigenvalue weighted by atomic mass is 10.0. The SMILES string of the molecule is [CH2]CC1C(C)N(C)CCN1C. The van der Waals surface area contributed by atoms with Gasteiger partial charge in [0.1, 0.15) is 0 Å². The topological polar surface area (TPSA) is 6.48 Å². The standard InChI is InChI=1S/C9H19N2/c1-5-9-8(2)10(3)6-7-11(9)4/h8-9H,1,5-7H2,2-4H3. The Morgan fingerprint density at radius 3 is 2.27 bits per heavy atom. The van der Waals surface area contributed by atoms with E-state index in [-0.39, 0.29) is 0 Å². The summed E-state index contributed by atoms with van der Waals surface area (Å²) in [6, 6.07) is 1.31. The maximum atomic E-state index is 3.98. The summed E-state index contributed by atoms with van der Waals surface area (Å²) >= 11 is 0. The molecule has 0 aliphatic carbocycles. The lowest BCUT2D eigenvalue weighted by Gasteiger charge is -2.43. The van der Waals surface area contributed by atoms with Crippen molar-refractivity contribution in [1.29, 1.82) is 0 Å². The predicted octanol–water partition coefficient (Wildman–Crippen LogP) is 0.845. The monoisotopic (exact) mass is 155 g/mol. The summed E-state index contributed by atoms with van der Waals surface area (Å²) < 4.78 is 0. The second-order valence-corrected chi connectivity index (χ2v) is 3.56. The molecule has 65 valence electrons. The smallest absolute Gasteiger partial charge is 0.0246 e. The third-order valence-corrected chi connectivity index (χ3v) is 2.92. The van der Waals surface area contributed by atoms with Crippen LogP contribution in [0.1, 0.15) is 13.3 Å². The van der Waals surface area contributed by atoms with Crippen LogP contribution in [0.3, 0.4) is 0 Å². The molecule has 0 aromatic heterocycles. The van der Waals surface area contributed by atoms with Crippen molar-refractivity contribution in [3.63, 3.8) is 0 Å². The fourth-order valence-corrected chi connectivity index (χ4v) is 1.81. The molecule has 0 spiro atoms. The van der Waals surface area contributed by atoms with Crippen LogP contribution in [0.15, 0.2) is 0 Å². The van der Waals surface area contributed by atoms with Gasteiger partial charge in [-0.2, -0.15) is 0 Å². The number of piperazine rings is 1. The van der Waals surface area contributed by atoms with Crippen molar-refractivity contribution in [2.24, 2.45) is 0 Å². The molecule has 1 aliphatic rings. The highest BCUT2D eigenvalue weighted by Crippen LogP contribution is 2.15. The van der Waals surface area contributed by atoms with Crippen LogP contribution in [0.25, 0.3) is 0 Å². The molecule has 1 rings (SSSR count). The second kappa shape index (κ2) is 3.55. The number of hydrogen-bond donors (Lipinski definition) is 0. The fraction of sp³-hybridized carbons (Fsp3) is 0.889. The van der Waals surface area contributed by atoms with Crippen LogP contribution < -0.4 is 0 Å². The molecule has 1 saturated heterocycles. The van der Waals surface area contributed by atoms with Crippen LogP contribution in [0, 0.1) is 6.92 Å². The molecular weight excluding hydrogens is 136 g/mol. The maximum Gasteiger partial charge on any atom is 0.0246 e. The van der Waals surface area contributed by atoms with Crippen LogP contribution in [0.4, 0.5) is 0 Å². The Kier molecular flexibility index (Phi) is 2.90. The van der Waals surface area contributed by atoms with E-state index in [4.69, 9.17) is 0 Å². The van der Waals surface area contributed by atoms with Gasteiger partial charge in [0.05, 0.1) is 0 Å². The molecule has 2 unspecified atom stereocenters. The number of rotatable bonds is 1. The fourth-order valence-electron chi connectivity index (χ4n) is 1.81. The first kappa shape index (κ1) is 9.01. The van der Waals surface area contributed by atoms with Gasteiger partial charge >= 0.3 is 0 Å². The molecule has 2 heteroatoms. The normalized spacial score (nSPS) is 36.0. The molecule has 0 bridgehead atoms. The van der Waals surface area contributed by atoms with Crippen LogP contribution in [-0.2, 0) is 0 Å². The average Bonchev–Trinajstić information content (AvgIpc) is 1.99. The molecule has 0 amide bonds. The number of hydrogen-bond acceptors (Lipinski definition) is 2. The van der Waals surface area contributed by atoms with Gasteiger partial charge in [-0.25, -0.2) is 0 Å². The largest absolute Gasteiger partial charge is 0.301 e. The Morgan fingerprint density at radius 1 is 1.27 bits per heavy atom. The van der Waals surface area contributed by atoms with Crippen molar-refractivity contribution in [3.05, 3.63) is 6.92 Å². The van der Waals surface area contributed by atoms with Gasteiger partial charge in [0.25, 0.3) is 0 Å². The second-order valence-electron chi connectivity index (χ2n) is 3.56. The Morgan fingerprint density at radius 2 is 1.82 bits per heavy atom. The molecule has 0 aromatic rings. The van der Waals surface area contributed by atoms with Crippen LogP contribution in [0.5, 0.6) is 0 Å². The van der Waals surface area contributed by atoms with Gasteiger partial charge in [-0.1, -0.05) is 6.92 Å². The molecule has 1 radical (unpaired) electrons. The Balaban J connectivity index is 2.55. The zero-order valence-corrected chi connectivity index (χ0v) is 7.88. The average molecular weight is 155 g/mol. The van der Waals surface area contributed by atoms with Gasteiger partial charge < -0.3 is 9.80 Å². The molecule has 1 heterocycles. The van der Waals surface area contributed by atoms with Gasteiger partial charge in [0.2, 0.25) is 0 Å². The Bertz CT molecular complexity index is 125. The molecule has 0 N–H and O–H groups in total. The molecule has 2 nitrogen and oxygen atoms in total. The van der Waals surface area contributed by atoms with Crippen LogP contribution in [0.2, 0.25) is 0 Å². The Hall–Kier alpha value is -0.0800. The number of likely N-dealkylation sites (N-methyl/N-ethyl adjacent to an activating group) is 2. The maximum absolute atomic E-state index is 3.98. The third kappa shape index (κ3) is 1.74. The summed E-state index contributed by atoms with van der Waals surface area (Å²) in [4.78, 5) is 4.83. The van der Waals surface area contributed by atoms with Gasteiger partial charge in [0.15, 0.2) is 0 Å². The van der Waals surface area contributed by atoms with Crippen molar-refractivity contribution in [3.8, 4) is 0 Å². The summed E-state index contributed by atoms with van der Waals surface area (Å²) in [5.41, 5.74) is 0. The predicted molar refractivity (Wildman–Crippen MR) is 48.5 cm³/mol. The highest BCUT2D eigenvalue weighted by molar-refractivity contribution is 4.86. The van der Waals surface area contributed by atoms with Crippen molar-refractivity contribution >= 4 is 0 Å². The van der Waals surface area contributed by atoms with E-state index < -0.39 is 0 Å². The quantitative estimate of drug-likeness (QED) is 0.554. The summed E-state index contributed by atoms with van der Waals surface area (Å²) in [5, 5.41) is 0. The summed E-state index contributed by atoms with van der Waals surface area (Å²) in [6.45, 7) is 8.63. The van der Waals surface area contributed by atoms with E-state index in [9.17, 15) is 0 Å². The van der Waals surface area contributed by atoms with Crippen molar-refractivity contribution in [2.75, 3.05) is 27.2 Å². The summed E-state index contributed by atoms with van der Waals surface area (Å²) in [6.07, 6.45) is 1.02. The van der Waals surface area contributed by atoms with Crippen molar-refractivity contribution in [2.45, 2.75) is 25.4 Å². The van der Waals surface area contributed by atoms with E-state index in [0.29, 0.717) is 12.1 Å². The first-order chi connectivity index (χ1) is 5.16. The third-order valence-electron chi connectivity index (χ3n) is 2.92. The van der Waals surface area contributed by atoms with E-state index >= 15 is 0 Å². The van der Waals surface area contributed by atoms with E-state index in [1.165, 1.54) is 13.1 Å². The molecule has 1 fully saturated rings. The highest BCUT2D eigenvalue weighted by Gasteiger charge is 2.27. The molecule has 0 aromatic carbocycles. The van der Waals surface area contributed by atoms with Crippen molar-refractivity contribution in [1.82, 2.24) is 9.80 Å². The van der Waals surface area contributed by atoms with E-state index in [1.807, 2.05) is 0 Å². The van der Waals surface area contributed by atoms with E-state index in [1.54, 1.807) is 0 Å². The Labute approximate surface area is 70.2 Å². The lowest BCUT2D eigenvalue weighted by molar-refractivity contribution is 0.0633. The number of nitrogens with zero attached hydrogens (tertiary/aromatic N) is 2. The summed E-state index contributed by atoms with van der Waals surface area (Å²) in [5.74, 6) is 0. The van der Waals surface area contributed by atoms with Crippen molar-refractivity contribution < 1.29 is 0 Å². The highest BCUT2D eigenvalue weighted by atomic mass is 15.3. The first-order valence-electron chi connectivity index (χ1n) is 4.36. The molecule has 0 saturated carbocycles. The molecule has 1 aliphatic heterocycles. The lowest BCUT2D eigenvalue weighted by Crippen LogP contribution is -2.55. The molecule has 2 atom stereocenters. The van der Waals surface area contributed by atoms with Crippen LogP contribution in [-0.4, -0.2) is 49.1 Å². The van der Waals surface area contributed by atoms with Gasteiger partial charge in [-0.05, 0) is 27.4 Å². The molecular formula is C9H19N2. The van der Waals surface area contributed by atoms with Gasteiger partial charge in [0, 0.05) is 25.2 Å². The van der Waals surface area contributed by atoms with Crippen LogP contribution >= 0.6 is 0 Å². The minimum Gasteiger partial charge on any atom is -0.301 e.